The Bertz CT molecular complexity index is 447. The van der Waals surface area contributed by atoms with E-state index < -0.39 is 36.2 Å². The third-order valence-corrected chi connectivity index (χ3v) is 1.90. The molecule has 0 aliphatic carbocycles. The highest BCUT2D eigenvalue weighted by Crippen LogP contribution is 2.35. The molecule has 1 heterocycles. The molecule has 0 amide bonds. The van der Waals surface area contributed by atoms with Gasteiger partial charge in [0.15, 0.2) is 5.69 Å². The van der Waals surface area contributed by atoms with Gasteiger partial charge < -0.3 is 4.74 Å². The van der Waals surface area contributed by atoms with Crippen LogP contribution in [0, 0.1) is 5.41 Å². The van der Waals surface area contributed by atoms with E-state index in [9.17, 15) is 26.3 Å². The Morgan fingerprint density at radius 2 is 1.83 bits per heavy atom. The summed E-state index contributed by atoms with van der Waals surface area (Å²) in [6.45, 7) is -0.832. The van der Waals surface area contributed by atoms with Gasteiger partial charge in [0.25, 0.3) is 0 Å². The van der Waals surface area contributed by atoms with Gasteiger partial charge in [-0.2, -0.15) is 31.4 Å². The second-order valence-electron chi connectivity index (χ2n) is 3.20. The largest absolute Gasteiger partial charge is 0.483 e. The monoisotopic (exact) mass is 275 g/mol. The van der Waals surface area contributed by atoms with E-state index in [1.165, 1.54) is 0 Å². The number of nitrogens with zero attached hydrogens (tertiary/aromatic N) is 2. The molecule has 0 saturated carbocycles. The van der Waals surface area contributed by atoms with E-state index in [1.54, 1.807) is 0 Å². The lowest BCUT2D eigenvalue weighted by Gasteiger charge is -2.09. The predicted octanol–water partition coefficient (Wildman–Crippen LogP) is 2.54. The van der Waals surface area contributed by atoms with E-state index in [0.29, 0.717) is 0 Å². The topological polar surface area (TPSA) is 50.9 Å². The highest BCUT2D eigenvalue weighted by molar-refractivity contribution is 5.72. The standard InChI is InChI=1S/C8H7F6N3O/c1-18-6(15)3-17-5(8(12,13)14)2-4(16-17)7(9,10)11/h2,15H,3H2,1H3. The lowest BCUT2D eigenvalue weighted by Crippen LogP contribution is -2.19. The second-order valence-corrected chi connectivity index (χ2v) is 3.20. The zero-order valence-corrected chi connectivity index (χ0v) is 8.85. The summed E-state index contributed by atoms with van der Waals surface area (Å²) in [5.74, 6) is -0.641. The number of halogens is 6. The van der Waals surface area contributed by atoms with E-state index in [0.717, 1.165) is 7.11 Å². The first kappa shape index (κ1) is 14.3. The summed E-state index contributed by atoms with van der Waals surface area (Å²) in [6, 6.07) is -0.108. The van der Waals surface area contributed by atoms with Crippen molar-refractivity contribution in [2.24, 2.45) is 0 Å². The van der Waals surface area contributed by atoms with Crippen LogP contribution in [0.1, 0.15) is 11.4 Å². The van der Waals surface area contributed by atoms with Crippen LogP contribution in [0.2, 0.25) is 0 Å². The Balaban J connectivity index is 3.22. The van der Waals surface area contributed by atoms with Crippen LogP contribution in [0.5, 0.6) is 0 Å². The summed E-state index contributed by atoms with van der Waals surface area (Å²) in [5, 5.41) is 9.80. The van der Waals surface area contributed by atoms with Crippen LogP contribution in [-0.2, 0) is 23.6 Å². The minimum absolute atomic E-state index is 0.0364. The summed E-state index contributed by atoms with van der Waals surface area (Å²) in [7, 11) is 1.02. The van der Waals surface area contributed by atoms with E-state index in [-0.39, 0.29) is 10.7 Å². The molecule has 4 nitrogen and oxygen atoms in total. The molecule has 0 radical (unpaired) electrons. The normalized spacial score (nSPS) is 12.6. The molecule has 0 aliphatic heterocycles. The average molecular weight is 275 g/mol. The summed E-state index contributed by atoms with van der Waals surface area (Å²) in [4.78, 5) is 0. The highest BCUT2D eigenvalue weighted by atomic mass is 19.4. The third-order valence-electron chi connectivity index (χ3n) is 1.90. The van der Waals surface area contributed by atoms with Crippen molar-refractivity contribution < 1.29 is 31.1 Å². The van der Waals surface area contributed by atoms with E-state index in [2.05, 4.69) is 9.84 Å². The van der Waals surface area contributed by atoms with Crippen LogP contribution in [0.3, 0.4) is 0 Å². The fourth-order valence-electron chi connectivity index (χ4n) is 1.10. The summed E-state index contributed by atoms with van der Waals surface area (Å²) in [5.41, 5.74) is -3.25. The van der Waals surface area contributed by atoms with Gasteiger partial charge in [-0.1, -0.05) is 0 Å². The van der Waals surface area contributed by atoms with Gasteiger partial charge in [-0.25, -0.2) is 0 Å². The first-order chi connectivity index (χ1) is 8.05. The van der Waals surface area contributed by atoms with Crippen molar-refractivity contribution in [1.82, 2.24) is 9.78 Å². The van der Waals surface area contributed by atoms with Gasteiger partial charge in [0, 0.05) is 6.07 Å². The van der Waals surface area contributed by atoms with Crippen molar-refractivity contribution >= 4 is 5.90 Å². The predicted molar refractivity (Wildman–Crippen MR) is 47.0 cm³/mol. The van der Waals surface area contributed by atoms with Gasteiger partial charge in [0.05, 0.1) is 7.11 Å². The molecule has 0 atom stereocenters. The van der Waals surface area contributed by atoms with Gasteiger partial charge in [0.2, 0.25) is 5.90 Å². The van der Waals surface area contributed by atoms with Crippen LogP contribution >= 0.6 is 0 Å². The van der Waals surface area contributed by atoms with Crippen LogP contribution in [0.15, 0.2) is 6.07 Å². The fraction of sp³-hybridized carbons (Fsp3) is 0.500. The molecule has 0 saturated heterocycles. The summed E-state index contributed by atoms with van der Waals surface area (Å²) in [6.07, 6.45) is -9.98. The SMILES string of the molecule is COC(=N)Cn1nc(C(F)(F)F)cc1C(F)(F)F. The molecule has 1 aromatic heterocycles. The fourth-order valence-corrected chi connectivity index (χ4v) is 1.10. The molecular formula is C8H7F6N3O. The highest BCUT2D eigenvalue weighted by Gasteiger charge is 2.41. The number of aromatic nitrogens is 2. The van der Waals surface area contributed by atoms with Gasteiger partial charge in [-0.3, -0.25) is 10.1 Å². The number of alkyl halides is 6. The Morgan fingerprint density at radius 3 is 2.22 bits per heavy atom. The van der Waals surface area contributed by atoms with Crippen molar-refractivity contribution in [3.05, 3.63) is 17.5 Å². The van der Waals surface area contributed by atoms with Crippen LogP contribution < -0.4 is 0 Å². The Hall–Kier alpha value is -1.74. The Morgan fingerprint density at radius 1 is 1.28 bits per heavy atom. The maximum Gasteiger partial charge on any atom is 0.435 e. The zero-order chi connectivity index (χ0) is 14.1. The van der Waals surface area contributed by atoms with Gasteiger partial charge in [-0.05, 0) is 0 Å². The lowest BCUT2D eigenvalue weighted by molar-refractivity contribution is -0.144. The number of ether oxygens (including phenoxy) is 1. The molecule has 10 heteroatoms. The first-order valence-electron chi connectivity index (χ1n) is 4.39. The Labute approximate surface area is 96.7 Å². The number of rotatable bonds is 2. The zero-order valence-electron chi connectivity index (χ0n) is 8.85. The maximum atomic E-state index is 12.5. The minimum Gasteiger partial charge on any atom is -0.483 e. The smallest absolute Gasteiger partial charge is 0.435 e. The quantitative estimate of drug-likeness (QED) is 0.512. The Kier molecular flexibility index (Phi) is 3.58. The van der Waals surface area contributed by atoms with Gasteiger partial charge >= 0.3 is 12.4 Å². The van der Waals surface area contributed by atoms with Crippen molar-refractivity contribution in [3.8, 4) is 0 Å². The molecule has 102 valence electrons. The van der Waals surface area contributed by atoms with Crippen LogP contribution in [0.4, 0.5) is 26.3 Å². The van der Waals surface area contributed by atoms with Crippen molar-refractivity contribution in [2.75, 3.05) is 7.11 Å². The van der Waals surface area contributed by atoms with Crippen molar-refractivity contribution in [3.63, 3.8) is 0 Å². The van der Waals surface area contributed by atoms with Crippen LogP contribution in [0.25, 0.3) is 0 Å². The molecule has 0 spiro atoms. The number of hydrogen-bond donors (Lipinski definition) is 1. The van der Waals surface area contributed by atoms with E-state index >= 15 is 0 Å². The third kappa shape index (κ3) is 3.14. The van der Waals surface area contributed by atoms with Crippen molar-refractivity contribution in [1.29, 1.82) is 5.41 Å². The van der Waals surface area contributed by atoms with Crippen molar-refractivity contribution in [2.45, 2.75) is 18.9 Å². The molecule has 0 bridgehead atoms. The molecule has 0 aromatic carbocycles. The summed E-state index contributed by atoms with van der Waals surface area (Å²) < 4.78 is 78.5. The minimum atomic E-state index is -5.00. The molecule has 1 aromatic rings. The van der Waals surface area contributed by atoms with Gasteiger partial charge in [-0.15, -0.1) is 0 Å². The molecule has 0 aliphatic rings. The van der Waals surface area contributed by atoms with Crippen LogP contribution in [-0.4, -0.2) is 22.8 Å². The lowest BCUT2D eigenvalue weighted by atomic mass is 10.3. The van der Waals surface area contributed by atoms with Gasteiger partial charge in [0.1, 0.15) is 12.2 Å². The number of nitrogens with one attached hydrogen (secondary N) is 1. The molecular weight excluding hydrogens is 268 g/mol. The number of hydrogen-bond acceptors (Lipinski definition) is 3. The summed E-state index contributed by atoms with van der Waals surface area (Å²) >= 11 is 0. The van der Waals surface area contributed by atoms with E-state index in [1.807, 2.05) is 0 Å². The molecule has 1 rings (SSSR count). The first-order valence-corrected chi connectivity index (χ1v) is 4.39. The molecule has 1 N–H and O–H groups in total. The second kappa shape index (κ2) is 4.50. The maximum absolute atomic E-state index is 12.5. The molecule has 0 unspecified atom stereocenters. The number of methoxy groups -OCH3 is 1. The molecule has 0 fully saturated rings. The molecule has 18 heavy (non-hydrogen) atoms. The average Bonchev–Trinajstić information content (AvgIpc) is 2.60. The van der Waals surface area contributed by atoms with E-state index in [4.69, 9.17) is 5.41 Å².